The Morgan fingerprint density at radius 3 is 2.00 bits per heavy atom. The van der Waals surface area contributed by atoms with Crippen LogP contribution in [0, 0.1) is 0 Å². The lowest BCUT2D eigenvalue weighted by atomic mass is 10.5. The second-order valence-electron chi connectivity index (χ2n) is 2.06. The van der Waals surface area contributed by atoms with Crippen LogP contribution in [0.15, 0.2) is 0 Å². The van der Waals surface area contributed by atoms with Gasteiger partial charge < -0.3 is 9.47 Å². The molecule has 0 aromatic heterocycles. The Hall–Kier alpha value is -0.120. The molecule has 0 saturated carbocycles. The van der Waals surface area contributed by atoms with E-state index in [1.54, 1.807) is 0 Å². The lowest BCUT2D eigenvalue weighted by Crippen LogP contribution is -2.27. The first-order valence-corrected chi connectivity index (χ1v) is 4.21. The van der Waals surface area contributed by atoms with E-state index in [4.69, 9.17) is 9.47 Å². The van der Waals surface area contributed by atoms with Crippen LogP contribution in [0.1, 0.15) is 20.8 Å². The molecule has 0 unspecified atom stereocenters. The molecule has 11 heavy (non-hydrogen) atoms. The molecule has 0 aliphatic carbocycles. The smallest absolute Gasteiger partial charge is 0.171 e. The maximum atomic E-state index is 5.27. The van der Waals surface area contributed by atoms with Gasteiger partial charge in [0, 0.05) is 19.8 Å². The highest BCUT2D eigenvalue weighted by Gasteiger charge is 2.05. The predicted octanol–water partition coefficient (Wildman–Crippen LogP) is 1.01. The molecule has 0 atom stereocenters. The van der Waals surface area contributed by atoms with Crippen LogP contribution in [-0.4, -0.2) is 32.6 Å². The first kappa shape index (κ1) is 10.9. The molecule has 0 rings (SSSR count). The standard InChI is InChI=1S/C8H18NO2/c1-4-9-7-8(10-5-2)11-6-3/h8H,4-7H2,1-3H3. The van der Waals surface area contributed by atoms with E-state index in [2.05, 4.69) is 5.32 Å². The van der Waals surface area contributed by atoms with Gasteiger partial charge >= 0.3 is 0 Å². The molecule has 3 heteroatoms. The van der Waals surface area contributed by atoms with Gasteiger partial charge in [-0.25, -0.2) is 5.32 Å². The molecular formula is C8H18NO2. The van der Waals surface area contributed by atoms with Gasteiger partial charge in [-0.15, -0.1) is 0 Å². The Labute approximate surface area is 69.1 Å². The molecule has 0 heterocycles. The van der Waals surface area contributed by atoms with E-state index in [1.165, 1.54) is 0 Å². The summed E-state index contributed by atoms with van der Waals surface area (Å²) in [6.45, 7) is 8.77. The molecule has 0 bridgehead atoms. The molecule has 67 valence electrons. The highest BCUT2D eigenvalue weighted by Crippen LogP contribution is 1.93. The summed E-state index contributed by atoms with van der Waals surface area (Å²) < 4.78 is 10.5. The van der Waals surface area contributed by atoms with E-state index in [-0.39, 0.29) is 6.29 Å². The van der Waals surface area contributed by atoms with Crippen molar-refractivity contribution < 1.29 is 9.47 Å². The lowest BCUT2D eigenvalue weighted by Gasteiger charge is -2.15. The zero-order chi connectivity index (χ0) is 8.53. The molecule has 0 aromatic rings. The number of rotatable bonds is 7. The highest BCUT2D eigenvalue weighted by atomic mass is 16.7. The van der Waals surface area contributed by atoms with Crippen molar-refractivity contribution in [3.63, 3.8) is 0 Å². The van der Waals surface area contributed by atoms with Crippen molar-refractivity contribution in [3.05, 3.63) is 0 Å². The van der Waals surface area contributed by atoms with Gasteiger partial charge in [-0.05, 0) is 13.8 Å². The van der Waals surface area contributed by atoms with Crippen LogP contribution in [0.2, 0.25) is 0 Å². The van der Waals surface area contributed by atoms with Crippen LogP contribution in [-0.2, 0) is 9.47 Å². The molecule has 1 radical (unpaired) electrons. The Morgan fingerprint density at radius 2 is 1.64 bits per heavy atom. The van der Waals surface area contributed by atoms with Crippen LogP contribution in [0.4, 0.5) is 0 Å². The fourth-order valence-corrected chi connectivity index (χ4v) is 0.760. The van der Waals surface area contributed by atoms with Crippen molar-refractivity contribution in [1.82, 2.24) is 5.32 Å². The summed E-state index contributed by atoms with van der Waals surface area (Å²) >= 11 is 0. The topological polar surface area (TPSA) is 32.6 Å². The number of likely N-dealkylation sites (N-methyl/N-ethyl adjacent to an activating group) is 1. The van der Waals surface area contributed by atoms with Crippen LogP contribution in [0.25, 0.3) is 0 Å². The number of ether oxygens (including phenoxy) is 2. The van der Waals surface area contributed by atoms with Crippen molar-refractivity contribution in [3.8, 4) is 0 Å². The third kappa shape index (κ3) is 6.28. The van der Waals surface area contributed by atoms with Gasteiger partial charge in [-0.2, -0.15) is 0 Å². The van der Waals surface area contributed by atoms with Crippen molar-refractivity contribution in [2.75, 3.05) is 26.3 Å². The highest BCUT2D eigenvalue weighted by molar-refractivity contribution is 4.47. The van der Waals surface area contributed by atoms with E-state index in [9.17, 15) is 0 Å². The van der Waals surface area contributed by atoms with Crippen LogP contribution in [0.5, 0.6) is 0 Å². The molecule has 0 fully saturated rings. The molecular weight excluding hydrogens is 142 g/mol. The minimum atomic E-state index is -0.134. The van der Waals surface area contributed by atoms with Crippen molar-refractivity contribution >= 4 is 0 Å². The summed E-state index contributed by atoms with van der Waals surface area (Å²) in [4.78, 5) is 0. The van der Waals surface area contributed by atoms with Crippen LogP contribution in [0.3, 0.4) is 0 Å². The average Bonchev–Trinajstić information content (AvgIpc) is 2.01. The minimum Gasteiger partial charge on any atom is -0.352 e. The van der Waals surface area contributed by atoms with Crippen molar-refractivity contribution in [2.45, 2.75) is 27.1 Å². The SMILES string of the molecule is CC[N]CC(OCC)OCC. The van der Waals surface area contributed by atoms with Crippen molar-refractivity contribution in [2.24, 2.45) is 0 Å². The second-order valence-corrected chi connectivity index (χ2v) is 2.06. The molecule has 0 saturated heterocycles. The van der Waals surface area contributed by atoms with E-state index in [1.807, 2.05) is 20.8 Å². The summed E-state index contributed by atoms with van der Waals surface area (Å²) in [5.41, 5.74) is 0. The Kier molecular flexibility index (Phi) is 7.89. The molecule has 0 amide bonds. The van der Waals surface area contributed by atoms with Gasteiger partial charge in [0.2, 0.25) is 0 Å². The number of hydrogen-bond acceptors (Lipinski definition) is 2. The molecule has 3 nitrogen and oxygen atoms in total. The second kappa shape index (κ2) is 7.98. The van der Waals surface area contributed by atoms with Crippen LogP contribution >= 0.6 is 0 Å². The van der Waals surface area contributed by atoms with Crippen molar-refractivity contribution in [1.29, 1.82) is 0 Å². The quantitative estimate of drug-likeness (QED) is 0.521. The summed E-state index contributed by atoms with van der Waals surface area (Å²) in [6, 6.07) is 0. The summed E-state index contributed by atoms with van der Waals surface area (Å²) in [5, 5.41) is 4.16. The summed E-state index contributed by atoms with van der Waals surface area (Å²) in [7, 11) is 0. The van der Waals surface area contributed by atoms with E-state index < -0.39 is 0 Å². The monoisotopic (exact) mass is 160 g/mol. The normalized spacial score (nSPS) is 10.9. The molecule has 0 aromatic carbocycles. The third-order valence-corrected chi connectivity index (χ3v) is 1.21. The zero-order valence-corrected chi connectivity index (χ0v) is 7.67. The maximum Gasteiger partial charge on any atom is 0.171 e. The fourth-order valence-electron chi connectivity index (χ4n) is 0.760. The van der Waals surface area contributed by atoms with Gasteiger partial charge in [0.25, 0.3) is 0 Å². The number of nitrogens with zero attached hydrogens (tertiary/aromatic N) is 1. The first-order chi connectivity index (χ1) is 5.35. The maximum absolute atomic E-state index is 5.27. The lowest BCUT2D eigenvalue weighted by molar-refractivity contribution is -0.133. The molecule has 0 spiro atoms. The van der Waals surface area contributed by atoms with E-state index >= 15 is 0 Å². The average molecular weight is 160 g/mol. The third-order valence-electron chi connectivity index (χ3n) is 1.21. The Morgan fingerprint density at radius 1 is 1.09 bits per heavy atom. The summed E-state index contributed by atoms with van der Waals surface area (Å²) in [6.07, 6.45) is -0.134. The fraction of sp³-hybridized carbons (Fsp3) is 1.00. The Bertz CT molecular complexity index is 72.5. The summed E-state index contributed by atoms with van der Waals surface area (Å²) in [5.74, 6) is 0. The van der Waals surface area contributed by atoms with E-state index in [0.717, 1.165) is 6.54 Å². The van der Waals surface area contributed by atoms with Gasteiger partial charge in [0.05, 0.1) is 6.54 Å². The molecule has 0 N–H and O–H groups in total. The largest absolute Gasteiger partial charge is 0.352 e. The zero-order valence-electron chi connectivity index (χ0n) is 7.67. The van der Waals surface area contributed by atoms with Gasteiger partial charge in [0.15, 0.2) is 6.29 Å². The molecule has 0 aliphatic rings. The van der Waals surface area contributed by atoms with Gasteiger partial charge in [-0.3, -0.25) is 0 Å². The predicted molar refractivity (Wildman–Crippen MR) is 44.6 cm³/mol. The number of hydrogen-bond donors (Lipinski definition) is 0. The molecule has 0 aliphatic heterocycles. The minimum absolute atomic E-state index is 0.134. The van der Waals surface area contributed by atoms with Gasteiger partial charge in [0.1, 0.15) is 0 Å². The first-order valence-electron chi connectivity index (χ1n) is 4.21. The van der Waals surface area contributed by atoms with Crippen LogP contribution < -0.4 is 5.32 Å². The Balaban J connectivity index is 3.34. The van der Waals surface area contributed by atoms with E-state index in [0.29, 0.717) is 19.8 Å². The van der Waals surface area contributed by atoms with Gasteiger partial charge in [-0.1, -0.05) is 6.92 Å².